The Kier molecular flexibility index (Phi) is 5.26. The normalized spacial score (nSPS) is 30.2. The molecular formula is C16H30N2O. The van der Waals surface area contributed by atoms with Crippen LogP contribution in [-0.4, -0.2) is 19.0 Å². The molecule has 19 heavy (non-hydrogen) atoms. The maximum atomic E-state index is 12.3. The van der Waals surface area contributed by atoms with Crippen molar-refractivity contribution in [3.63, 3.8) is 0 Å². The van der Waals surface area contributed by atoms with Crippen molar-refractivity contribution in [2.45, 2.75) is 64.7 Å². The van der Waals surface area contributed by atoms with Crippen LogP contribution in [0.25, 0.3) is 0 Å². The molecule has 1 amide bonds. The van der Waals surface area contributed by atoms with Crippen LogP contribution in [-0.2, 0) is 4.79 Å². The first kappa shape index (κ1) is 14.8. The summed E-state index contributed by atoms with van der Waals surface area (Å²) in [5.74, 6) is 1.08. The van der Waals surface area contributed by atoms with Crippen LogP contribution < -0.4 is 11.1 Å². The minimum absolute atomic E-state index is 0.220. The Balaban J connectivity index is 1.80. The van der Waals surface area contributed by atoms with Crippen LogP contribution in [0.15, 0.2) is 0 Å². The molecule has 0 radical (unpaired) electrons. The van der Waals surface area contributed by atoms with Crippen molar-refractivity contribution in [2.75, 3.05) is 13.1 Å². The fourth-order valence-corrected chi connectivity index (χ4v) is 3.94. The van der Waals surface area contributed by atoms with E-state index in [1.807, 2.05) is 0 Å². The Hall–Kier alpha value is -0.570. The summed E-state index contributed by atoms with van der Waals surface area (Å²) in [6.45, 7) is 3.90. The second kappa shape index (κ2) is 6.74. The molecule has 2 rings (SSSR count). The second-order valence-electron chi connectivity index (χ2n) is 6.74. The molecule has 110 valence electrons. The maximum absolute atomic E-state index is 12.3. The minimum atomic E-state index is 0.220. The van der Waals surface area contributed by atoms with Gasteiger partial charge in [-0.05, 0) is 56.4 Å². The summed E-state index contributed by atoms with van der Waals surface area (Å²) in [6, 6.07) is 0. The SMILES string of the molecule is CCC1(CNC(=O)C2CCCC(CN)C2)CCCC1. The third-order valence-corrected chi connectivity index (χ3v) is 5.54. The van der Waals surface area contributed by atoms with Gasteiger partial charge in [0.15, 0.2) is 0 Å². The number of carbonyl (C=O) groups excluding carboxylic acids is 1. The van der Waals surface area contributed by atoms with Crippen molar-refractivity contribution in [3.8, 4) is 0 Å². The predicted molar refractivity (Wildman–Crippen MR) is 78.7 cm³/mol. The summed E-state index contributed by atoms with van der Waals surface area (Å²) < 4.78 is 0. The minimum Gasteiger partial charge on any atom is -0.355 e. The van der Waals surface area contributed by atoms with Gasteiger partial charge in [-0.2, -0.15) is 0 Å². The van der Waals surface area contributed by atoms with Gasteiger partial charge in [-0.15, -0.1) is 0 Å². The monoisotopic (exact) mass is 266 g/mol. The molecular weight excluding hydrogens is 236 g/mol. The molecule has 2 fully saturated rings. The fourth-order valence-electron chi connectivity index (χ4n) is 3.94. The zero-order valence-corrected chi connectivity index (χ0v) is 12.4. The lowest BCUT2D eigenvalue weighted by atomic mass is 9.80. The Morgan fingerprint density at radius 1 is 1.26 bits per heavy atom. The molecule has 3 N–H and O–H groups in total. The van der Waals surface area contributed by atoms with E-state index in [-0.39, 0.29) is 11.8 Å². The van der Waals surface area contributed by atoms with Gasteiger partial charge in [0.1, 0.15) is 0 Å². The number of hydrogen-bond acceptors (Lipinski definition) is 2. The quantitative estimate of drug-likeness (QED) is 0.804. The Morgan fingerprint density at radius 2 is 2.00 bits per heavy atom. The lowest BCUT2D eigenvalue weighted by Gasteiger charge is -2.31. The summed E-state index contributed by atoms with van der Waals surface area (Å²) in [5, 5.41) is 3.25. The van der Waals surface area contributed by atoms with Crippen molar-refractivity contribution in [1.82, 2.24) is 5.32 Å². The van der Waals surface area contributed by atoms with E-state index in [4.69, 9.17) is 5.73 Å². The van der Waals surface area contributed by atoms with Crippen LogP contribution in [0.4, 0.5) is 0 Å². The van der Waals surface area contributed by atoms with Crippen molar-refractivity contribution < 1.29 is 4.79 Å². The first-order chi connectivity index (χ1) is 9.19. The molecule has 2 saturated carbocycles. The van der Waals surface area contributed by atoms with Crippen LogP contribution >= 0.6 is 0 Å². The van der Waals surface area contributed by atoms with E-state index in [1.165, 1.54) is 44.9 Å². The van der Waals surface area contributed by atoms with Crippen LogP contribution in [0.3, 0.4) is 0 Å². The smallest absolute Gasteiger partial charge is 0.223 e. The first-order valence-electron chi connectivity index (χ1n) is 8.17. The summed E-state index contributed by atoms with van der Waals surface area (Å²) in [5.41, 5.74) is 6.15. The molecule has 0 aliphatic heterocycles. The highest BCUT2D eigenvalue weighted by molar-refractivity contribution is 5.78. The molecule has 2 atom stereocenters. The predicted octanol–water partition coefficient (Wildman–Crippen LogP) is 2.84. The Morgan fingerprint density at radius 3 is 2.63 bits per heavy atom. The van der Waals surface area contributed by atoms with Crippen LogP contribution in [0.2, 0.25) is 0 Å². The third kappa shape index (κ3) is 3.71. The molecule has 3 heteroatoms. The highest BCUT2D eigenvalue weighted by atomic mass is 16.1. The van der Waals surface area contributed by atoms with Gasteiger partial charge in [0.2, 0.25) is 5.91 Å². The molecule has 3 nitrogen and oxygen atoms in total. The van der Waals surface area contributed by atoms with E-state index < -0.39 is 0 Å². The second-order valence-corrected chi connectivity index (χ2v) is 6.74. The lowest BCUT2D eigenvalue weighted by Crippen LogP contribution is -2.40. The van der Waals surface area contributed by atoms with E-state index in [2.05, 4.69) is 12.2 Å². The highest BCUT2D eigenvalue weighted by Gasteiger charge is 2.33. The number of nitrogens with two attached hydrogens (primary N) is 1. The third-order valence-electron chi connectivity index (χ3n) is 5.54. The van der Waals surface area contributed by atoms with Gasteiger partial charge in [0, 0.05) is 12.5 Å². The summed E-state index contributed by atoms with van der Waals surface area (Å²) in [7, 11) is 0. The average Bonchev–Trinajstić information content (AvgIpc) is 2.94. The molecule has 0 heterocycles. The molecule has 2 unspecified atom stereocenters. The van der Waals surface area contributed by atoms with Crippen molar-refractivity contribution in [2.24, 2.45) is 23.0 Å². The fraction of sp³-hybridized carbons (Fsp3) is 0.938. The number of rotatable bonds is 5. The van der Waals surface area contributed by atoms with Gasteiger partial charge in [0.05, 0.1) is 0 Å². The molecule has 0 spiro atoms. The van der Waals surface area contributed by atoms with E-state index in [0.717, 1.165) is 25.9 Å². The number of carbonyl (C=O) groups is 1. The number of nitrogens with one attached hydrogen (secondary N) is 1. The van der Waals surface area contributed by atoms with E-state index in [1.54, 1.807) is 0 Å². The van der Waals surface area contributed by atoms with E-state index >= 15 is 0 Å². The van der Waals surface area contributed by atoms with Gasteiger partial charge in [-0.1, -0.05) is 26.2 Å². The molecule has 0 saturated heterocycles. The standard InChI is InChI=1S/C16H30N2O/c1-2-16(8-3-4-9-16)12-18-15(19)14-7-5-6-13(10-14)11-17/h13-14H,2-12,17H2,1H3,(H,18,19). The highest BCUT2D eigenvalue weighted by Crippen LogP contribution is 2.40. The summed E-state index contributed by atoms with van der Waals surface area (Å²) >= 11 is 0. The molecule has 0 aromatic rings. The lowest BCUT2D eigenvalue weighted by molar-refractivity contribution is -0.127. The molecule has 0 aromatic heterocycles. The Bertz CT molecular complexity index is 297. The summed E-state index contributed by atoms with van der Waals surface area (Å²) in [6.07, 6.45) is 10.9. The molecule has 2 aliphatic carbocycles. The van der Waals surface area contributed by atoms with Gasteiger partial charge < -0.3 is 11.1 Å². The van der Waals surface area contributed by atoms with Gasteiger partial charge >= 0.3 is 0 Å². The number of amides is 1. The van der Waals surface area contributed by atoms with Crippen LogP contribution in [0, 0.1) is 17.3 Å². The first-order valence-corrected chi connectivity index (χ1v) is 8.17. The largest absolute Gasteiger partial charge is 0.355 e. The zero-order valence-electron chi connectivity index (χ0n) is 12.4. The van der Waals surface area contributed by atoms with Crippen molar-refractivity contribution in [3.05, 3.63) is 0 Å². The topological polar surface area (TPSA) is 55.1 Å². The van der Waals surface area contributed by atoms with Gasteiger partial charge in [-0.25, -0.2) is 0 Å². The van der Waals surface area contributed by atoms with Crippen LogP contribution in [0.5, 0.6) is 0 Å². The Labute approximate surface area is 117 Å². The van der Waals surface area contributed by atoms with E-state index in [9.17, 15) is 4.79 Å². The van der Waals surface area contributed by atoms with E-state index in [0.29, 0.717) is 11.3 Å². The molecule has 0 bridgehead atoms. The van der Waals surface area contributed by atoms with Crippen LogP contribution in [0.1, 0.15) is 64.7 Å². The van der Waals surface area contributed by atoms with Gasteiger partial charge in [-0.3, -0.25) is 4.79 Å². The van der Waals surface area contributed by atoms with Crippen molar-refractivity contribution >= 4 is 5.91 Å². The average molecular weight is 266 g/mol. The molecule has 0 aromatic carbocycles. The summed E-state index contributed by atoms with van der Waals surface area (Å²) in [4.78, 5) is 12.3. The van der Waals surface area contributed by atoms with Crippen molar-refractivity contribution in [1.29, 1.82) is 0 Å². The zero-order chi connectivity index (χ0) is 13.7. The maximum Gasteiger partial charge on any atom is 0.223 e. The number of hydrogen-bond donors (Lipinski definition) is 2. The molecule has 2 aliphatic rings. The van der Waals surface area contributed by atoms with Gasteiger partial charge in [0.25, 0.3) is 0 Å².